The van der Waals surface area contributed by atoms with Crippen LogP contribution in [0.5, 0.6) is 0 Å². The molecule has 0 spiro atoms. The van der Waals surface area contributed by atoms with Crippen LogP contribution in [0.25, 0.3) is 0 Å². The van der Waals surface area contributed by atoms with E-state index in [1.807, 2.05) is 0 Å². The van der Waals surface area contributed by atoms with Crippen molar-refractivity contribution in [3.63, 3.8) is 0 Å². The number of aryl methyl sites for hydroxylation is 2. The van der Waals surface area contributed by atoms with E-state index in [9.17, 15) is 12.8 Å². The Bertz CT molecular complexity index is 440. The maximum Gasteiger partial charge on any atom is 0.261 e. The average Bonchev–Trinajstić information content (AvgIpc) is 1.94. The van der Waals surface area contributed by atoms with Gasteiger partial charge >= 0.3 is 0 Å². The van der Waals surface area contributed by atoms with Crippen molar-refractivity contribution in [2.75, 3.05) is 0 Å². The highest BCUT2D eigenvalue weighted by Gasteiger charge is 2.15. The van der Waals surface area contributed by atoms with E-state index in [0.29, 0.717) is 11.1 Å². The molecule has 0 aliphatic heterocycles. The summed E-state index contributed by atoms with van der Waals surface area (Å²) in [7, 11) is 1.25. The maximum absolute atomic E-state index is 13.0. The topological polar surface area (TPSA) is 34.1 Å². The molecule has 1 aromatic rings. The molecular formula is C8H8ClFO2S. The van der Waals surface area contributed by atoms with Crippen molar-refractivity contribution < 1.29 is 12.8 Å². The molecule has 0 bridgehead atoms. The minimum atomic E-state index is -3.84. The van der Waals surface area contributed by atoms with E-state index in [1.165, 1.54) is 6.07 Å². The minimum absolute atomic E-state index is 0.169. The van der Waals surface area contributed by atoms with Crippen LogP contribution in [0.2, 0.25) is 0 Å². The molecule has 1 aromatic carbocycles. The summed E-state index contributed by atoms with van der Waals surface area (Å²) in [5.74, 6) is -0.565. The second-order valence-electron chi connectivity index (χ2n) is 2.80. The molecule has 0 saturated carbocycles. The molecule has 5 heteroatoms. The molecule has 0 unspecified atom stereocenters. The van der Waals surface area contributed by atoms with Gasteiger partial charge in [-0.1, -0.05) is 6.07 Å². The Kier molecular flexibility index (Phi) is 2.63. The van der Waals surface area contributed by atoms with E-state index in [1.54, 1.807) is 13.8 Å². The molecule has 0 aliphatic carbocycles. The number of hydrogen-bond donors (Lipinski definition) is 0. The van der Waals surface area contributed by atoms with E-state index >= 15 is 0 Å². The van der Waals surface area contributed by atoms with Gasteiger partial charge in [0.1, 0.15) is 5.82 Å². The number of hydrogen-bond acceptors (Lipinski definition) is 2. The number of rotatable bonds is 1. The summed E-state index contributed by atoms with van der Waals surface area (Å²) >= 11 is 0. The smallest absolute Gasteiger partial charge is 0.207 e. The van der Waals surface area contributed by atoms with Crippen molar-refractivity contribution in [1.29, 1.82) is 0 Å². The van der Waals surface area contributed by atoms with Crippen LogP contribution in [0.4, 0.5) is 4.39 Å². The van der Waals surface area contributed by atoms with Crippen LogP contribution in [-0.2, 0) is 9.05 Å². The molecule has 13 heavy (non-hydrogen) atoms. The SMILES string of the molecule is Cc1cc(C)c(S(=O)(=O)Cl)cc1F. The zero-order chi connectivity index (χ0) is 10.2. The van der Waals surface area contributed by atoms with Gasteiger partial charge in [-0.3, -0.25) is 0 Å². The van der Waals surface area contributed by atoms with Crippen LogP contribution in [0.15, 0.2) is 17.0 Å². The van der Waals surface area contributed by atoms with E-state index < -0.39 is 14.9 Å². The standard InChI is InChI=1S/C8H8ClFO2S/c1-5-3-6(2)8(4-7(5)10)13(9,11)12/h3-4H,1-2H3. The number of benzene rings is 1. The highest BCUT2D eigenvalue weighted by Crippen LogP contribution is 2.22. The zero-order valence-electron chi connectivity index (χ0n) is 7.14. The van der Waals surface area contributed by atoms with Crippen molar-refractivity contribution in [2.24, 2.45) is 0 Å². The normalized spacial score (nSPS) is 11.7. The fourth-order valence-electron chi connectivity index (χ4n) is 1.07. The summed E-state index contributed by atoms with van der Waals surface area (Å²) < 4.78 is 34.8. The molecule has 0 N–H and O–H groups in total. The summed E-state index contributed by atoms with van der Waals surface area (Å²) in [6, 6.07) is 2.39. The third-order valence-corrected chi connectivity index (χ3v) is 3.18. The van der Waals surface area contributed by atoms with Crippen LogP contribution in [0.3, 0.4) is 0 Å². The molecule has 0 atom stereocenters. The first-order valence-electron chi connectivity index (χ1n) is 3.54. The van der Waals surface area contributed by atoms with Crippen LogP contribution in [-0.4, -0.2) is 8.42 Å². The summed E-state index contributed by atoms with van der Waals surface area (Å²) in [5.41, 5.74) is 0.857. The Balaban J connectivity index is 3.50. The Morgan fingerprint density at radius 3 is 2.23 bits per heavy atom. The van der Waals surface area contributed by atoms with Crippen LogP contribution in [0, 0.1) is 19.7 Å². The fourth-order valence-corrected chi connectivity index (χ4v) is 2.26. The highest BCUT2D eigenvalue weighted by molar-refractivity contribution is 8.13. The van der Waals surface area contributed by atoms with Crippen molar-refractivity contribution in [2.45, 2.75) is 18.7 Å². The summed E-state index contributed by atoms with van der Waals surface area (Å²) in [6.45, 7) is 3.13. The minimum Gasteiger partial charge on any atom is -0.207 e. The second-order valence-corrected chi connectivity index (χ2v) is 5.34. The van der Waals surface area contributed by atoms with E-state index in [2.05, 4.69) is 0 Å². The lowest BCUT2D eigenvalue weighted by Gasteiger charge is -2.03. The molecule has 0 saturated heterocycles. The van der Waals surface area contributed by atoms with Gasteiger partial charge in [0, 0.05) is 10.7 Å². The first kappa shape index (κ1) is 10.5. The van der Waals surface area contributed by atoms with E-state index in [0.717, 1.165) is 6.07 Å². The van der Waals surface area contributed by atoms with Gasteiger partial charge in [0.15, 0.2) is 0 Å². The Morgan fingerprint density at radius 1 is 1.23 bits per heavy atom. The van der Waals surface area contributed by atoms with Crippen molar-refractivity contribution in [3.8, 4) is 0 Å². The zero-order valence-corrected chi connectivity index (χ0v) is 8.71. The fraction of sp³-hybridized carbons (Fsp3) is 0.250. The quantitative estimate of drug-likeness (QED) is 0.684. The average molecular weight is 223 g/mol. The van der Waals surface area contributed by atoms with Gasteiger partial charge < -0.3 is 0 Å². The highest BCUT2D eigenvalue weighted by atomic mass is 35.7. The van der Waals surface area contributed by atoms with Gasteiger partial charge in [-0.05, 0) is 31.0 Å². The summed E-state index contributed by atoms with van der Waals surface area (Å²) in [5, 5.41) is 0. The molecule has 0 heterocycles. The Morgan fingerprint density at radius 2 is 1.77 bits per heavy atom. The maximum atomic E-state index is 13.0. The Labute approximate surface area is 80.8 Å². The summed E-state index contributed by atoms with van der Waals surface area (Å²) in [6.07, 6.45) is 0. The summed E-state index contributed by atoms with van der Waals surface area (Å²) in [4.78, 5) is -0.169. The lowest BCUT2D eigenvalue weighted by Crippen LogP contribution is -1.97. The van der Waals surface area contributed by atoms with E-state index in [4.69, 9.17) is 10.7 Å². The molecule has 1 rings (SSSR count). The number of halogens is 2. The first-order valence-corrected chi connectivity index (χ1v) is 5.84. The van der Waals surface area contributed by atoms with Gasteiger partial charge in [-0.25, -0.2) is 12.8 Å². The predicted octanol–water partition coefficient (Wildman–Crippen LogP) is 2.37. The van der Waals surface area contributed by atoms with E-state index in [-0.39, 0.29) is 4.90 Å². The molecule has 0 amide bonds. The van der Waals surface area contributed by atoms with Crippen molar-refractivity contribution in [1.82, 2.24) is 0 Å². The van der Waals surface area contributed by atoms with Gasteiger partial charge in [-0.2, -0.15) is 0 Å². The largest absolute Gasteiger partial charge is 0.261 e. The van der Waals surface area contributed by atoms with Gasteiger partial charge in [0.2, 0.25) is 0 Å². The first-order chi connectivity index (χ1) is 5.82. The molecule has 72 valence electrons. The lowest BCUT2D eigenvalue weighted by atomic mass is 10.1. The van der Waals surface area contributed by atoms with Crippen molar-refractivity contribution >= 4 is 19.7 Å². The Hall–Kier alpha value is -0.610. The molecule has 0 fully saturated rings. The third kappa shape index (κ3) is 2.19. The molecule has 0 radical (unpaired) electrons. The molecule has 0 aromatic heterocycles. The second kappa shape index (κ2) is 3.27. The lowest BCUT2D eigenvalue weighted by molar-refractivity contribution is 0.598. The predicted molar refractivity (Wildman–Crippen MR) is 48.9 cm³/mol. The monoisotopic (exact) mass is 222 g/mol. The van der Waals surface area contributed by atoms with Gasteiger partial charge in [0.25, 0.3) is 9.05 Å². The molecule has 0 aliphatic rings. The third-order valence-electron chi connectivity index (χ3n) is 1.72. The molecular weight excluding hydrogens is 215 g/mol. The van der Waals surface area contributed by atoms with Crippen LogP contribution < -0.4 is 0 Å². The van der Waals surface area contributed by atoms with Crippen molar-refractivity contribution in [3.05, 3.63) is 29.1 Å². The van der Waals surface area contributed by atoms with Crippen LogP contribution in [0.1, 0.15) is 11.1 Å². The van der Waals surface area contributed by atoms with Crippen LogP contribution >= 0.6 is 10.7 Å². The molecule has 2 nitrogen and oxygen atoms in total. The van der Waals surface area contributed by atoms with Gasteiger partial charge in [0.05, 0.1) is 4.90 Å². The van der Waals surface area contributed by atoms with Gasteiger partial charge in [-0.15, -0.1) is 0 Å².